The van der Waals surface area contributed by atoms with Crippen LogP contribution in [0.4, 0.5) is 5.69 Å². The third kappa shape index (κ3) is 5.87. The molecular formula is C20H26N2O6. The number of carbonyl (C=O) groups is 3. The van der Waals surface area contributed by atoms with Crippen LogP contribution in [0, 0.1) is 27.9 Å². The fraction of sp³-hybridized carbons (Fsp3) is 0.550. The van der Waals surface area contributed by atoms with E-state index < -0.39 is 35.2 Å². The fourth-order valence-electron chi connectivity index (χ4n) is 3.53. The molecule has 0 saturated heterocycles. The summed E-state index contributed by atoms with van der Waals surface area (Å²) in [4.78, 5) is 46.4. The Hall–Kier alpha value is -2.77. The zero-order valence-electron chi connectivity index (χ0n) is 16.3. The molecule has 1 aromatic rings. The summed E-state index contributed by atoms with van der Waals surface area (Å²) >= 11 is 0. The number of rotatable bonds is 8. The van der Waals surface area contributed by atoms with E-state index in [1.165, 1.54) is 0 Å². The van der Waals surface area contributed by atoms with Crippen LogP contribution in [0.25, 0.3) is 0 Å². The average Bonchev–Trinajstić information content (AvgIpc) is 2.87. The summed E-state index contributed by atoms with van der Waals surface area (Å²) in [6.07, 6.45) is -0.0125. The Balaban J connectivity index is 1.83. The number of ether oxygens (including phenoxy) is 1. The molecule has 0 bridgehead atoms. The van der Waals surface area contributed by atoms with E-state index in [0.717, 1.165) is 5.56 Å². The second-order valence-electron chi connectivity index (χ2n) is 7.62. The van der Waals surface area contributed by atoms with Gasteiger partial charge in [0.1, 0.15) is 5.78 Å². The minimum absolute atomic E-state index is 0.146. The standard InChI is InChI=1S/C20H26N2O6/c1-12(2)14-4-6-15(7-5-14)21-19(24)11-28-20(25)9-16-17(10-22(26)27)13(3)8-18(16)23/h4-7,12-13,16-17H,8-11H2,1-3H3,(H,21,24)/t13-,16-,17+/m0/s1. The predicted octanol–water partition coefficient (Wildman–Crippen LogP) is 2.80. The number of ketones is 1. The lowest BCUT2D eigenvalue weighted by Crippen LogP contribution is -2.28. The number of esters is 1. The van der Waals surface area contributed by atoms with Gasteiger partial charge >= 0.3 is 5.97 Å². The number of nitrogens with one attached hydrogen (secondary N) is 1. The van der Waals surface area contributed by atoms with Crippen LogP contribution >= 0.6 is 0 Å². The summed E-state index contributed by atoms with van der Waals surface area (Å²) in [6, 6.07) is 7.37. The number of Topliss-reactive ketones (excluding diaryl/α,β-unsaturated/α-hetero) is 1. The van der Waals surface area contributed by atoms with E-state index in [1.54, 1.807) is 19.1 Å². The molecule has 1 aliphatic rings. The first-order valence-corrected chi connectivity index (χ1v) is 9.37. The Kier molecular flexibility index (Phi) is 7.25. The molecule has 2 rings (SSSR count). The number of hydrogen-bond donors (Lipinski definition) is 1. The highest BCUT2D eigenvalue weighted by Crippen LogP contribution is 2.36. The molecule has 1 saturated carbocycles. The van der Waals surface area contributed by atoms with E-state index in [9.17, 15) is 24.5 Å². The van der Waals surface area contributed by atoms with E-state index in [-0.39, 0.29) is 31.1 Å². The molecule has 152 valence electrons. The van der Waals surface area contributed by atoms with Gasteiger partial charge in [0.25, 0.3) is 5.91 Å². The largest absolute Gasteiger partial charge is 0.456 e. The van der Waals surface area contributed by atoms with Crippen LogP contribution in [-0.2, 0) is 19.1 Å². The maximum absolute atomic E-state index is 12.1. The Labute approximate surface area is 163 Å². The number of nitrogens with zero attached hydrogens (tertiary/aromatic N) is 1. The van der Waals surface area contributed by atoms with Gasteiger partial charge in [-0.2, -0.15) is 0 Å². The van der Waals surface area contributed by atoms with Crippen molar-refractivity contribution in [3.05, 3.63) is 39.9 Å². The van der Waals surface area contributed by atoms with E-state index in [1.807, 2.05) is 12.1 Å². The van der Waals surface area contributed by atoms with Crippen LogP contribution in [0.1, 0.15) is 45.1 Å². The smallest absolute Gasteiger partial charge is 0.307 e. The highest BCUT2D eigenvalue weighted by molar-refractivity contribution is 5.93. The Morgan fingerprint density at radius 1 is 1.29 bits per heavy atom. The van der Waals surface area contributed by atoms with Crippen molar-refractivity contribution in [2.45, 2.75) is 39.5 Å². The van der Waals surface area contributed by atoms with Crippen molar-refractivity contribution < 1.29 is 24.0 Å². The lowest BCUT2D eigenvalue weighted by atomic mass is 9.88. The minimum atomic E-state index is -0.723. The normalized spacial score (nSPS) is 21.6. The lowest BCUT2D eigenvalue weighted by Gasteiger charge is -2.17. The van der Waals surface area contributed by atoms with Gasteiger partial charge in [-0.1, -0.05) is 32.9 Å². The average molecular weight is 390 g/mol. The third-order valence-corrected chi connectivity index (χ3v) is 5.16. The van der Waals surface area contributed by atoms with Crippen LogP contribution in [0.3, 0.4) is 0 Å². The molecule has 8 heteroatoms. The number of hydrogen-bond acceptors (Lipinski definition) is 6. The van der Waals surface area contributed by atoms with Crippen molar-refractivity contribution in [2.24, 2.45) is 17.8 Å². The van der Waals surface area contributed by atoms with Crippen LogP contribution in [0.15, 0.2) is 24.3 Å². The van der Waals surface area contributed by atoms with Crippen molar-refractivity contribution >= 4 is 23.3 Å². The summed E-state index contributed by atoms with van der Waals surface area (Å²) in [7, 11) is 0. The minimum Gasteiger partial charge on any atom is -0.456 e. The molecule has 0 spiro atoms. The van der Waals surface area contributed by atoms with Gasteiger partial charge in [-0.05, 0) is 29.5 Å². The SMILES string of the molecule is CC(C)c1ccc(NC(=O)COC(=O)C[C@@H]2C(=O)C[C@H](C)[C@H]2C[N+](=O)[O-])cc1. The number of amides is 1. The summed E-state index contributed by atoms with van der Waals surface area (Å²) < 4.78 is 4.96. The van der Waals surface area contributed by atoms with Gasteiger partial charge in [0.15, 0.2) is 6.61 Å². The van der Waals surface area contributed by atoms with Crippen LogP contribution in [0.2, 0.25) is 0 Å². The first kappa shape index (κ1) is 21.5. The molecule has 3 atom stereocenters. The van der Waals surface area contributed by atoms with Gasteiger partial charge in [-0.25, -0.2) is 0 Å². The Bertz CT molecular complexity index is 744. The highest BCUT2D eigenvalue weighted by Gasteiger charge is 2.44. The van der Waals surface area contributed by atoms with E-state index in [2.05, 4.69) is 19.2 Å². The van der Waals surface area contributed by atoms with Gasteiger partial charge in [0.05, 0.1) is 6.42 Å². The zero-order chi connectivity index (χ0) is 20.8. The molecule has 1 fully saturated rings. The molecule has 0 radical (unpaired) electrons. The van der Waals surface area contributed by atoms with Crippen molar-refractivity contribution in [3.8, 4) is 0 Å². The van der Waals surface area contributed by atoms with Gasteiger partial charge < -0.3 is 10.1 Å². The van der Waals surface area contributed by atoms with Crippen molar-refractivity contribution in [1.82, 2.24) is 0 Å². The molecular weight excluding hydrogens is 364 g/mol. The lowest BCUT2D eigenvalue weighted by molar-refractivity contribution is -0.490. The van der Waals surface area contributed by atoms with E-state index in [4.69, 9.17) is 4.74 Å². The zero-order valence-corrected chi connectivity index (χ0v) is 16.3. The highest BCUT2D eigenvalue weighted by atomic mass is 16.6. The summed E-state index contributed by atoms with van der Waals surface area (Å²) in [5, 5.41) is 13.4. The molecule has 8 nitrogen and oxygen atoms in total. The molecule has 0 aliphatic heterocycles. The Morgan fingerprint density at radius 3 is 2.50 bits per heavy atom. The molecule has 0 heterocycles. The fourth-order valence-corrected chi connectivity index (χ4v) is 3.53. The van der Waals surface area contributed by atoms with Gasteiger partial charge in [0.2, 0.25) is 6.54 Å². The topological polar surface area (TPSA) is 116 Å². The van der Waals surface area contributed by atoms with Crippen molar-refractivity contribution in [1.29, 1.82) is 0 Å². The van der Waals surface area contributed by atoms with Gasteiger partial charge in [-0.3, -0.25) is 24.5 Å². The van der Waals surface area contributed by atoms with Crippen molar-refractivity contribution in [3.63, 3.8) is 0 Å². The summed E-state index contributed by atoms with van der Waals surface area (Å²) in [6.45, 7) is 5.09. The first-order chi connectivity index (χ1) is 13.2. The third-order valence-electron chi connectivity index (χ3n) is 5.16. The second kappa shape index (κ2) is 9.43. The number of carbonyl (C=O) groups excluding carboxylic acids is 3. The number of anilines is 1. The number of benzene rings is 1. The van der Waals surface area contributed by atoms with E-state index >= 15 is 0 Å². The Morgan fingerprint density at radius 2 is 1.93 bits per heavy atom. The molecule has 0 aromatic heterocycles. The summed E-state index contributed by atoms with van der Waals surface area (Å²) in [5.74, 6) is -2.32. The molecule has 28 heavy (non-hydrogen) atoms. The van der Waals surface area contributed by atoms with Gasteiger partial charge in [-0.15, -0.1) is 0 Å². The number of nitro groups is 1. The van der Waals surface area contributed by atoms with E-state index in [0.29, 0.717) is 11.6 Å². The predicted molar refractivity (Wildman–Crippen MR) is 102 cm³/mol. The maximum atomic E-state index is 12.1. The second-order valence-corrected chi connectivity index (χ2v) is 7.62. The molecule has 1 aromatic carbocycles. The van der Waals surface area contributed by atoms with Crippen molar-refractivity contribution in [2.75, 3.05) is 18.5 Å². The monoisotopic (exact) mass is 390 g/mol. The van der Waals surface area contributed by atoms with Crippen LogP contribution in [-0.4, -0.2) is 35.7 Å². The molecule has 1 aliphatic carbocycles. The molecule has 0 unspecified atom stereocenters. The molecule has 1 N–H and O–H groups in total. The van der Waals surface area contributed by atoms with Crippen LogP contribution in [0.5, 0.6) is 0 Å². The molecule has 1 amide bonds. The first-order valence-electron chi connectivity index (χ1n) is 9.37. The van der Waals surface area contributed by atoms with Gasteiger partial charge in [0, 0.05) is 28.9 Å². The summed E-state index contributed by atoms with van der Waals surface area (Å²) in [5.41, 5.74) is 1.74. The quantitative estimate of drug-likeness (QED) is 0.414. The van der Waals surface area contributed by atoms with Crippen LogP contribution < -0.4 is 5.32 Å². The maximum Gasteiger partial charge on any atom is 0.307 e.